The van der Waals surface area contributed by atoms with Crippen molar-refractivity contribution in [1.82, 2.24) is 25.2 Å². The fraction of sp³-hybridized carbons (Fsp3) is 0.158. The van der Waals surface area contributed by atoms with Crippen molar-refractivity contribution in [2.45, 2.75) is 13.0 Å². The van der Waals surface area contributed by atoms with Crippen LogP contribution in [0.15, 0.2) is 65.5 Å². The summed E-state index contributed by atoms with van der Waals surface area (Å²) in [5.74, 6) is 0.537. The van der Waals surface area contributed by atoms with Crippen molar-refractivity contribution < 1.29 is 0 Å². The van der Waals surface area contributed by atoms with Crippen molar-refractivity contribution in [3.63, 3.8) is 0 Å². The van der Waals surface area contributed by atoms with Crippen molar-refractivity contribution in [2.75, 3.05) is 11.9 Å². The molecule has 130 valence electrons. The van der Waals surface area contributed by atoms with Crippen LogP contribution in [0, 0.1) is 0 Å². The Morgan fingerprint density at radius 3 is 2.38 bits per heavy atom. The van der Waals surface area contributed by atoms with Crippen LogP contribution < -0.4 is 10.9 Å². The average Bonchev–Trinajstić information content (AvgIpc) is 3.10. The molecule has 0 bridgehead atoms. The van der Waals surface area contributed by atoms with Gasteiger partial charge in [0, 0.05) is 6.54 Å². The SMILES string of the molecule is O=c1[nH]nc(NCCc2ccccc2)c2nnn(Cc3ccccc3)c12. The van der Waals surface area contributed by atoms with Crippen molar-refractivity contribution in [1.29, 1.82) is 0 Å². The highest BCUT2D eigenvalue weighted by molar-refractivity contribution is 5.84. The van der Waals surface area contributed by atoms with E-state index < -0.39 is 0 Å². The quantitative estimate of drug-likeness (QED) is 0.559. The van der Waals surface area contributed by atoms with Crippen molar-refractivity contribution in [3.8, 4) is 0 Å². The lowest BCUT2D eigenvalue weighted by molar-refractivity contribution is 0.667. The van der Waals surface area contributed by atoms with Crippen molar-refractivity contribution >= 4 is 16.9 Å². The van der Waals surface area contributed by atoms with Gasteiger partial charge < -0.3 is 5.32 Å². The summed E-state index contributed by atoms with van der Waals surface area (Å²) >= 11 is 0. The zero-order valence-electron chi connectivity index (χ0n) is 14.1. The molecule has 2 aromatic heterocycles. The molecule has 4 rings (SSSR count). The molecule has 0 aliphatic rings. The molecule has 0 aliphatic carbocycles. The molecule has 0 saturated heterocycles. The number of H-pyrrole nitrogens is 1. The Kier molecular flexibility index (Phi) is 4.42. The third kappa shape index (κ3) is 3.32. The van der Waals surface area contributed by atoms with E-state index in [0.717, 1.165) is 12.0 Å². The summed E-state index contributed by atoms with van der Waals surface area (Å²) in [6.07, 6.45) is 0.849. The number of aromatic amines is 1. The van der Waals surface area contributed by atoms with Gasteiger partial charge in [0.15, 0.2) is 16.9 Å². The molecule has 0 radical (unpaired) electrons. The van der Waals surface area contributed by atoms with E-state index in [-0.39, 0.29) is 5.56 Å². The van der Waals surface area contributed by atoms with E-state index in [4.69, 9.17) is 0 Å². The van der Waals surface area contributed by atoms with Gasteiger partial charge in [0.05, 0.1) is 6.54 Å². The van der Waals surface area contributed by atoms with Crippen LogP contribution in [0.5, 0.6) is 0 Å². The summed E-state index contributed by atoms with van der Waals surface area (Å²) in [5.41, 5.74) is 2.89. The third-order valence-electron chi connectivity index (χ3n) is 4.17. The highest BCUT2D eigenvalue weighted by Gasteiger charge is 2.14. The third-order valence-corrected chi connectivity index (χ3v) is 4.17. The van der Waals surface area contributed by atoms with E-state index in [1.165, 1.54) is 5.56 Å². The van der Waals surface area contributed by atoms with Crippen LogP contribution in [0.2, 0.25) is 0 Å². The van der Waals surface area contributed by atoms with E-state index in [1.807, 2.05) is 48.5 Å². The maximum atomic E-state index is 12.3. The molecule has 2 aromatic carbocycles. The second-order valence-electron chi connectivity index (χ2n) is 5.99. The molecular weight excluding hydrogens is 328 g/mol. The maximum Gasteiger partial charge on any atom is 0.292 e. The predicted molar refractivity (Wildman–Crippen MR) is 100 cm³/mol. The number of aromatic nitrogens is 5. The summed E-state index contributed by atoms with van der Waals surface area (Å²) in [7, 11) is 0. The highest BCUT2D eigenvalue weighted by atomic mass is 16.1. The Labute approximate surface area is 149 Å². The van der Waals surface area contributed by atoms with Crippen LogP contribution in [0.4, 0.5) is 5.82 Å². The molecule has 0 atom stereocenters. The number of anilines is 1. The monoisotopic (exact) mass is 346 g/mol. The largest absolute Gasteiger partial charge is 0.366 e. The van der Waals surface area contributed by atoms with Gasteiger partial charge in [-0.05, 0) is 17.5 Å². The highest BCUT2D eigenvalue weighted by Crippen LogP contribution is 2.15. The fourth-order valence-electron chi connectivity index (χ4n) is 2.87. The first-order chi connectivity index (χ1) is 12.8. The van der Waals surface area contributed by atoms with E-state index in [1.54, 1.807) is 4.68 Å². The Bertz CT molecular complexity index is 1060. The second kappa shape index (κ2) is 7.18. The fourth-order valence-corrected chi connectivity index (χ4v) is 2.87. The average molecular weight is 346 g/mol. The molecule has 0 saturated carbocycles. The minimum Gasteiger partial charge on any atom is -0.366 e. The Morgan fingerprint density at radius 1 is 0.962 bits per heavy atom. The molecule has 2 heterocycles. The predicted octanol–water partition coefficient (Wildman–Crippen LogP) is 2.22. The number of benzene rings is 2. The van der Waals surface area contributed by atoms with Gasteiger partial charge in [0.2, 0.25) is 0 Å². The summed E-state index contributed by atoms with van der Waals surface area (Å²) in [5, 5.41) is 18.2. The van der Waals surface area contributed by atoms with Crippen LogP contribution in [-0.4, -0.2) is 31.7 Å². The maximum absolute atomic E-state index is 12.3. The molecule has 0 aliphatic heterocycles. The second-order valence-corrected chi connectivity index (χ2v) is 5.99. The smallest absolute Gasteiger partial charge is 0.292 e. The molecule has 26 heavy (non-hydrogen) atoms. The number of nitrogens with zero attached hydrogens (tertiary/aromatic N) is 4. The number of fused-ring (bicyclic) bond motifs is 1. The number of nitrogens with one attached hydrogen (secondary N) is 2. The van der Waals surface area contributed by atoms with Gasteiger partial charge in [-0.3, -0.25) is 4.79 Å². The van der Waals surface area contributed by atoms with Gasteiger partial charge in [-0.25, -0.2) is 9.78 Å². The van der Waals surface area contributed by atoms with Crippen LogP contribution in [0.1, 0.15) is 11.1 Å². The normalized spacial score (nSPS) is 10.9. The van der Waals surface area contributed by atoms with E-state index >= 15 is 0 Å². The molecule has 0 fully saturated rings. The summed E-state index contributed by atoms with van der Waals surface area (Å²) < 4.78 is 1.60. The van der Waals surface area contributed by atoms with E-state index in [0.29, 0.717) is 29.9 Å². The van der Waals surface area contributed by atoms with Crippen molar-refractivity contribution in [3.05, 3.63) is 82.1 Å². The van der Waals surface area contributed by atoms with Crippen molar-refractivity contribution in [2.24, 2.45) is 0 Å². The number of hydrogen-bond donors (Lipinski definition) is 2. The van der Waals surface area contributed by atoms with Crippen LogP contribution in [-0.2, 0) is 13.0 Å². The Hall–Kier alpha value is -3.48. The lowest BCUT2D eigenvalue weighted by Gasteiger charge is -2.06. The lowest BCUT2D eigenvalue weighted by atomic mass is 10.1. The minimum absolute atomic E-state index is 0.297. The van der Waals surface area contributed by atoms with Gasteiger partial charge >= 0.3 is 0 Å². The van der Waals surface area contributed by atoms with Gasteiger partial charge in [0.25, 0.3) is 5.56 Å². The standard InChI is InChI=1S/C19H18N6O/c26-19-17-16(21-24-25(17)13-15-9-5-2-6-10-15)18(22-23-19)20-12-11-14-7-3-1-4-8-14/h1-10H,11-13H2,(H,20,22)(H,23,26). The Balaban J connectivity index is 1.57. The molecular formula is C19H18N6O. The zero-order valence-corrected chi connectivity index (χ0v) is 14.1. The first kappa shape index (κ1) is 16.0. The Morgan fingerprint density at radius 2 is 1.65 bits per heavy atom. The number of rotatable bonds is 6. The molecule has 2 N–H and O–H groups in total. The van der Waals surface area contributed by atoms with Gasteiger partial charge in [-0.2, -0.15) is 5.10 Å². The molecule has 0 spiro atoms. The molecule has 0 unspecified atom stereocenters. The van der Waals surface area contributed by atoms with E-state index in [9.17, 15) is 4.79 Å². The van der Waals surface area contributed by atoms with Crippen LogP contribution in [0.25, 0.3) is 11.0 Å². The van der Waals surface area contributed by atoms with Gasteiger partial charge in [-0.1, -0.05) is 65.9 Å². The van der Waals surface area contributed by atoms with Gasteiger partial charge in [0.1, 0.15) is 0 Å². The topological polar surface area (TPSA) is 88.5 Å². The molecule has 7 nitrogen and oxygen atoms in total. The zero-order chi connectivity index (χ0) is 17.8. The van der Waals surface area contributed by atoms with Crippen LogP contribution >= 0.6 is 0 Å². The molecule has 7 heteroatoms. The summed E-state index contributed by atoms with van der Waals surface area (Å²) in [4.78, 5) is 12.3. The minimum atomic E-state index is -0.297. The van der Waals surface area contributed by atoms with Crippen LogP contribution in [0.3, 0.4) is 0 Å². The van der Waals surface area contributed by atoms with Gasteiger partial charge in [-0.15, -0.1) is 5.10 Å². The van der Waals surface area contributed by atoms with E-state index in [2.05, 4.69) is 38.0 Å². The summed E-state index contributed by atoms with van der Waals surface area (Å²) in [6.45, 7) is 1.16. The molecule has 0 amide bonds. The molecule has 4 aromatic rings. The lowest BCUT2D eigenvalue weighted by Crippen LogP contribution is -2.16. The summed E-state index contributed by atoms with van der Waals surface area (Å²) in [6, 6.07) is 20.0. The first-order valence-corrected chi connectivity index (χ1v) is 8.45. The first-order valence-electron chi connectivity index (χ1n) is 8.45. The number of hydrogen-bond acceptors (Lipinski definition) is 5.